The standard InChI is InChI=1S/C18H26F2N2O3/c1-17(2,3)25-16(24)22-18(4,5)11-15(23)21-7-6-12-8-13(19)10-14(20)9-12/h8-10H,6-7,11H2,1-5H3,(H,21,23)(H,22,24). The van der Waals surface area contributed by atoms with Crippen LogP contribution < -0.4 is 10.6 Å². The van der Waals surface area contributed by atoms with E-state index in [-0.39, 0.29) is 18.9 Å². The van der Waals surface area contributed by atoms with Gasteiger partial charge >= 0.3 is 6.09 Å². The molecule has 7 heteroatoms. The molecule has 25 heavy (non-hydrogen) atoms. The maximum Gasteiger partial charge on any atom is 0.408 e. The molecule has 0 saturated carbocycles. The Hall–Kier alpha value is -2.18. The predicted octanol–water partition coefficient (Wildman–Crippen LogP) is 3.32. The Balaban J connectivity index is 2.43. The molecule has 0 heterocycles. The average Bonchev–Trinajstić information content (AvgIpc) is 2.32. The van der Waals surface area contributed by atoms with Crippen molar-refractivity contribution in [3.63, 3.8) is 0 Å². The Kier molecular flexibility index (Phi) is 6.90. The highest BCUT2D eigenvalue weighted by Gasteiger charge is 2.26. The van der Waals surface area contributed by atoms with Gasteiger partial charge in [0, 0.05) is 24.6 Å². The van der Waals surface area contributed by atoms with Gasteiger partial charge in [0.05, 0.1) is 0 Å². The number of hydrogen-bond donors (Lipinski definition) is 2. The second-order valence-electron chi connectivity index (χ2n) is 7.57. The second-order valence-corrected chi connectivity index (χ2v) is 7.57. The van der Waals surface area contributed by atoms with Gasteiger partial charge in [-0.25, -0.2) is 13.6 Å². The van der Waals surface area contributed by atoms with Crippen molar-refractivity contribution in [1.29, 1.82) is 0 Å². The Morgan fingerprint density at radius 2 is 1.60 bits per heavy atom. The molecule has 0 aromatic heterocycles. The zero-order chi connectivity index (χ0) is 19.3. The minimum Gasteiger partial charge on any atom is -0.444 e. The van der Waals surface area contributed by atoms with E-state index in [0.717, 1.165) is 6.07 Å². The summed E-state index contributed by atoms with van der Waals surface area (Å²) in [7, 11) is 0. The number of hydrogen-bond acceptors (Lipinski definition) is 3. The molecule has 0 spiro atoms. The van der Waals surface area contributed by atoms with Gasteiger partial charge in [0.15, 0.2) is 0 Å². The highest BCUT2D eigenvalue weighted by molar-refractivity contribution is 5.78. The third-order valence-corrected chi connectivity index (χ3v) is 3.10. The molecule has 5 nitrogen and oxygen atoms in total. The molecule has 2 amide bonds. The first-order chi connectivity index (χ1) is 11.4. The van der Waals surface area contributed by atoms with Crippen LogP contribution in [0.1, 0.15) is 46.6 Å². The number of carbonyl (C=O) groups excluding carboxylic acids is 2. The molecule has 0 saturated heterocycles. The fraction of sp³-hybridized carbons (Fsp3) is 0.556. The first-order valence-corrected chi connectivity index (χ1v) is 8.09. The molecule has 1 aromatic carbocycles. The molecule has 0 radical (unpaired) electrons. The van der Waals surface area contributed by atoms with Gasteiger partial charge in [-0.2, -0.15) is 0 Å². The van der Waals surface area contributed by atoms with Gasteiger partial charge in [0.2, 0.25) is 5.91 Å². The quantitative estimate of drug-likeness (QED) is 0.822. The number of amides is 2. The predicted molar refractivity (Wildman–Crippen MR) is 91.1 cm³/mol. The van der Waals surface area contributed by atoms with Crippen LogP contribution in [0.5, 0.6) is 0 Å². The first-order valence-electron chi connectivity index (χ1n) is 8.09. The molecular weight excluding hydrogens is 330 g/mol. The minimum absolute atomic E-state index is 0.0454. The summed E-state index contributed by atoms with van der Waals surface area (Å²) in [5.41, 5.74) is -0.955. The van der Waals surface area contributed by atoms with Gasteiger partial charge in [-0.1, -0.05) is 0 Å². The molecule has 0 atom stereocenters. The Morgan fingerprint density at radius 3 is 2.12 bits per heavy atom. The third kappa shape index (κ3) is 9.02. The van der Waals surface area contributed by atoms with E-state index in [1.165, 1.54) is 12.1 Å². The monoisotopic (exact) mass is 356 g/mol. The molecule has 0 aliphatic carbocycles. The van der Waals surface area contributed by atoms with E-state index in [1.807, 2.05) is 0 Å². The highest BCUT2D eigenvalue weighted by Crippen LogP contribution is 2.12. The van der Waals surface area contributed by atoms with E-state index in [4.69, 9.17) is 4.74 Å². The Labute approximate surface area is 147 Å². The van der Waals surface area contributed by atoms with E-state index in [1.54, 1.807) is 34.6 Å². The maximum absolute atomic E-state index is 13.1. The van der Waals surface area contributed by atoms with Crippen molar-refractivity contribution >= 4 is 12.0 Å². The number of nitrogens with one attached hydrogen (secondary N) is 2. The van der Waals surface area contributed by atoms with Crippen molar-refractivity contribution in [3.8, 4) is 0 Å². The Morgan fingerprint density at radius 1 is 1.04 bits per heavy atom. The van der Waals surface area contributed by atoms with Gasteiger partial charge in [0.1, 0.15) is 17.2 Å². The van der Waals surface area contributed by atoms with Gasteiger partial charge in [0.25, 0.3) is 0 Å². The van der Waals surface area contributed by atoms with Gasteiger partial charge in [-0.15, -0.1) is 0 Å². The van der Waals surface area contributed by atoms with Gasteiger partial charge in [-0.3, -0.25) is 4.79 Å². The van der Waals surface area contributed by atoms with E-state index >= 15 is 0 Å². The molecule has 1 rings (SSSR count). The maximum atomic E-state index is 13.1. The zero-order valence-electron chi connectivity index (χ0n) is 15.3. The fourth-order valence-electron chi connectivity index (χ4n) is 2.19. The number of alkyl carbamates (subject to hydrolysis) is 1. The molecule has 2 N–H and O–H groups in total. The smallest absolute Gasteiger partial charge is 0.408 e. The number of rotatable bonds is 6. The molecule has 140 valence electrons. The van der Waals surface area contributed by atoms with Crippen LogP contribution in [-0.4, -0.2) is 29.7 Å². The molecular formula is C18H26F2N2O3. The van der Waals surface area contributed by atoms with Crippen molar-refractivity contribution in [3.05, 3.63) is 35.4 Å². The lowest BCUT2D eigenvalue weighted by atomic mass is 10.0. The molecule has 0 bridgehead atoms. The van der Waals surface area contributed by atoms with Crippen LogP contribution in [0.25, 0.3) is 0 Å². The summed E-state index contributed by atoms with van der Waals surface area (Å²) < 4.78 is 31.4. The van der Waals surface area contributed by atoms with E-state index in [9.17, 15) is 18.4 Å². The van der Waals surface area contributed by atoms with Crippen LogP contribution in [0, 0.1) is 11.6 Å². The van der Waals surface area contributed by atoms with Gasteiger partial charge in [-0.05, 0) is 58.7 Å². The van der Waals surface area contributed by atoms with Crippen LogP contribution in [-0.2, 0) is 16.0 Å². The topological polar surface area (TPSA) is 67.4 Å². The van der Waals surface area contributed by atoms with E-state index in [0.29, 0.717) is 12.0 Å². The molecule has 0 aliphatic heterocycles. The lowest BCUT2D eigenvalue weighted by molar-refractivity contribution is -0.122. The van der Waals surface area contributed by atoms with Crippen LogP contribution in [0.4, 0.5) is 13.6 Å². The average molecular weight is 356 g/mol. The normalized spacial score (nSPS) is 11.8. The van der Waals surface area contributed by atoms with E-state index in [2.05, 4.69) is 10.6 Å². The summed E-state index contributed by atoms with van der Waals surface area (Å²) >= 11 is 0. The van der Waals surface area contributed by atoms with Crippen molar-refractivity contribution in [2.24, 2.45) is 0 Å². The SMILES string of the molecule is CC(C)(CC(=O)NCCc1cc(F)cc(F)c1)NC(=O)OC(C)(C)C. The zero-order valence-corrected chi connectivity index (χ0v) is 15.3. The molecule has 0 unspecified atom stereocenters. The van der Waals surface area contributed by atoms with Crippen LogP contribution in [0.3, 0.4) is 0 Å². The fourth-order valence-corrected chi connectivity index (χ4v) is 2.19. The number of benzene rings is 1. The summed E-state index contributed by atoms with van der Waals surface area (Å²) in [6, 6.07) is 3.25. The van der Waals surface area contributed by atoms with Crippen molar-refractivity contribution < 1.29 is 23.1 Å². The van der Waals surface area contributed by atoms with Crippen LogP contribution >= 0.6 is 0 Å². The Bertz CT molecular complexity index is 605. The lowest BCUT2D eigenvalue weighted by Gasteiger charge is -2.28. The molecule has 0 fully saturated rings. The van der Waals surface area contributed by atoms with Crippen molar-refractivity contribution in [2.45, 2.75) is 58.6 Å². The first kappa shape index (κ1) is 20.9. The summed E-state index contributed by atoms with van der Waals surface area (Å²) in [4.78, 5) is 23.8. The van der Waals surface area contributed by atoms with Crippen LogP contribution in [0.2, 0.25) is 0 Å². The highest BCUT2D eigenvalue weighted by atomic mass is 19.1. The summed E-state index contributed by atoms with van der Waals surface area (Å²) in [6.45, 7) is 8.91. The minimum atomic E-state index is -0.794. The van der Waals surface area contributed by atoms with Crippen molar-refractivity contribution in [1.82, 2.24) is 10.6 Å². The van der Waals surface area contributed by atoms with Crippen molar-refractivity contribution in [2.75, 3.05) is 6.54 Å². The molecule has 0 aliphatic rings. The largest absolute Gasteiger partial charge is 0.444 e. The summed E-state index contributed by atoms with van der Waals surface area (Å²) in [5, 5.41) is 5.32. The van der Waals surface area contributed by atoms with Gasteiger partial charge < -0.3 is 15.4 Å². The number of halogens is 2. The second kappa shape index (κ2) is 8.27. The van der Waals surface area contributed by atoms with E-state index < -0.39 is 28.9 Å². The number of ether oxygens (including phenoxy) is 1. The van der Waals surface area contributed by atoms with Crippen LogP contribution in [0.15, 0.2) is 18.2 Å². The number of carbonyl (C=O) groups is 2. The lowest BCUT2D eigenvalue weighted by Crippen LogP contribution is -2.48. The summed E-state index contributed by atoms with van der Waals surface area (Å²) in [6.07, 6.45) is -0.245. The summed E-state index contributed by atoms with van der Waals surface area (Å²) in [5.74, 6) is -1.58. The molecule has 1 aromatic rings. The third-order valence-electron chi connectivity index (χ3n) is 3.10.